The number of nitrogens with one attached hydrogen (secondary N) is 1. The molecule has 0 aromatic heterocycles. The van der Waals surface area contributed by atoms with Gasteiger partial charge >= 0.3 is 0 Å². The van der Waals surface area contributed by atoms with E-state index in [-0.39, 0.29) is 5.91 Å². The number of nitrogens with zero attached hydrogens (tertiary/aromatic N) is 1. The number of rotatable bonds is 7. The van der Waals surface area contributed by atoms with Crippen molar-refractivity contribution >= 4 is 27.3 Å². The molecule has 7 heteroatoms. The van der Waals surface area contributed by atoms with Crippen molar-refractivity contribution in [2.75, 3.05) is 29.5 Å². The van der Waals surface area contributed by atoms with Crippen molar-refractivity contribution in [1.29, 1.82) is 0 Å². The average molecular weight is 362 g/mol. The smallest absolute Gasteiger partial charge is 0.255 e. The Bertz CT molecular complexity index is 832. The summed E-state index contributed by atoms with van der Waals surface area (Å²) in [5.41, 5.74) is 1.48. The van der Waals surface area contributed by atoms with E-state index in [4.69, 9.17) is 4.74 Å². The molecule has 0 radical (unpaired) electrons. The second-order valence-corrected chi connectivity index (χ2v) is 7.62. The molecular formula is C18H22N2O4S. The van der Waals surface area contributed by atoms with Crippen molar-refractivity contribution in [1.82, 2.24) is 0 Å². The third-order valence-corrected chi connectivity index (χ3v) is 4.76. The highest BCUT2D eigenvalue weighted by Gasteiger charge is 2.13. The molecule has 6 nitrogen and oxygen atoms in total. The van der Waals surface area contributed by atoms with Gasteiger partial charge in [0.15, 0.2) is 0 Å². The van der Waals surface area contributed by atoms with Gasteiger partial charge in [-0.15, -0.1) is 0 Å². The van der Waals surface area contributed by atoms with Crippen molar-refractivity contribution in [3.63, 3.8) is 0 Å². The SMILES string of the molecule is CCCOc1ccc(C(=O)Nc2cccc(N(C)S(C)(=O)=O)c2)cc1. The number of hydrogen-bond acceptors (Lipinski definition) is 4. The van der Waals surface area contributed by atoms with E-state index >= 15 is 0 Å². The molecule has 2 aromatic carbocycles. The monoisotopic (exact) mass is 362 g/mol. The molecule has 2 rings (SSSR count). The molecule has 1 N–H and O–H groups in total. The number of amides is 1. The molecule has 0 aliphatic rings. The van der Waals surface area contributed by atoms with Gasteiger partial charge < -0.3 is 10.1 Å². The van der Waals surface area contributed by atoms with Gasteiger partial charge in [0.25, 0.3) is 5.91 Å². The number of anilines is 2. The number of carbonyl (C=O) groups is 1. The molecule has 0 aliphatic carbocycles. The zero-order valence-corrected chi connectivity index (χ0v) is 15.3. The minimum absolute atomic E-state index is 0.277. The standard InChI is InChI=1S/C18H22N2O4S/c1-4-12-24-17-10-8-14(9-11-17)18(21)19-15-6-5-7-16(13-15)20(2)25(3,22)23/h5-11,13H,4,12H2,1-3H3,(H,19,21). The first-order valence-electron chi connectivity index (χ1n) is 7.89. The van der Waals surface area contributed by atoms with Crippen LogP contribution >= 0.6 is 0 Å². The summed E-state index contributed by atoms with van der Waals surface area (Å²) >= 11 is 0. The zero-order valence-electron chi connectivity index (χ0n) is 14.5. The summed E-state index contributed by atoms with van der Waals surface area (Å²) in [7, 11) is -1.90. The van der Waals surface area contributed by atoms with Gasteiger partial charge in [0.1, 0.15) is 5.75 Å². The van der Waals surface area contributed by atoms with Crippen LogP contribution in [0.4, 0.5) is 11.4 Å². The van der Waals surface area contributed by atoms with E-state index in [0.717, 1.165) is 22.7 Å². The first-order valence-corrected chi connectivity index (χ1v) is 9.74. The predicted molar refractivity (Wildman–Crippen MR) is 99.9 cm³/mol. The lowest BCUT2D eigenvalue weighted by Gasteiger charge is -2.17. The molecule has 0 saturated heterocycles. The minimum atomic E-state index is -3.36. The molecule has 0 aliphatic heterocycles. The minimum Gasteiger partial charge on any atom is -0.494 e. The molecule has 25 heavy (non-hydrogen) atoms. The van der Waals surface area contributed by atoms with Crippen LogP contribution < -0.4 is 14.4 Å². The highest BCUT2D eigenvalue weighted by atomic mass is 32.2. The van der Waals surface area contributed by atoms with Gasteiger partial charge in [-0.1, -0.05) is 13.0 Å². The Morgan fingerprint density at radius 2 is 1.84 bits per heavy atom. The number of hydrogen-bond donors (Lipinski definition) is 1. The van der Waals surface area contributed by atoms with Crippen LogP contribution in [0.25, 0.3) is 0 Å². The van der Waals surface area contributed by atoms with Gasteiger partial charge in [-0.3, -0.25) is 9.10 Å². The Balaban J connectivity index is 2.10. The molecule has 0 saturated carbocycles. The van der Waals surface area contributed by atoms with E-state index in [2.05, 4.69) is 5.32 Å². The normalized spacial score (nSPS) is 11.0. The molecule has 0 atom stereocenters. The van der Waals surface area contributed by atoms with Crippen molar-refractivity contribution in [3.8, 4) is 5.75 Å². The van der Waals surface area contributed by atoms with Gasteiger partial charge in [-0.2, -0.15) is 0 Å². The van der Waals surface area contributed by atoms with Crippen LogP contribution in [0.5, 0.6) is 5.75 Å². The first kappa shape index (κ1) is 18.8. The highest BCUT2D eigenvalue weighted by molar-refractivity contribution is 7.92. The van der Waals surface area contributed by atoms with Gasteiger partial charge in [-0.25, -0.2) is 8.42 Å². The Morgan fingerprint density at radius 1 is 1.16 bits per heavy atom. The molecule has 0 heterocycles. The van der Waals surface area contributed by atoms with E-state index in [1.165, 1.54) is 7.05 Å². The topological polar surface area (TPSA) is 75.7 Å². The first-order chi connectivity index (χ1) is 11.8. The lowest BCUT2D eigenvalue weighted by molar-refractivity contribution is 0.102. The largest absolute Gasteiger partial charge is 0.494 e. The van der Waals surface area contributed by atoms with Crippen LogP contribution in [0.15, 0.2) is 48.5 Å². The van der Waals surface area contributed by atoms with E-state index in [9.17, 15) is 13.2 Å². The van der Waals surface area contributed by atoms with E-state index in [0.29, 0.717) is 23.5 Å². The lowest BCUT2D eigenvalue weighted by Crippen LogP contribution is -2.24. The zero-order chi connectivity index (χ0) is 18.4. The number of benzene rings is 2. The fourth-order valence-corrected chi connectivity index (χ4v) is 2.59. The molecule has 134 valence electrons. The van der Waals surface area contributed by atoms with Crippen LogP contribution in [0.3, 0.4) is 0 Å². The fourth-order valence-electron chi connectivity index (χ4n) is 2.10. The van der Waals surface area contributed by atoms with Gasteiger partial charge in [0.05, 0.1) is 18.6 Å². The van der Waals surface area contributed by atoms with Crippen molar-refractivity contribution in [2.24, 2.45) is 0 Å². The lowest BCUT2D eigenvalue weighted by atomic mass is 10.2. The molecule has 0 fully saturated rings. The number of ether oxygens (including phenoxy) is 1. The molecule has 1 amide bonds. The third-order valence-electron chi connectivity index (χ3n) is 3.55. The van der Waals surface area contributed by atoms with E-state index in [1.807, 2.05) is 6.92 Å². The predicted octanol–water partition coefficient (Wildman–Crippen LogP) is 3.12. The van der Waals surface area contributed by atoms with Crippen molar-refractivity contribution < 1.29 is 17.9 Å². The summed E-state index contributed by atoms with van der Waals surface area (Å²) in [5, 5.41) is 2.77. The average Bonchev–Trinajstić information content (AvgIpc) is 2.59. The maximum Gasteiger partial charge on any atom is 0.255 e. The maximum atomic E-state index is 12.3. The Morgan fingerprint density at radius 3 is 2.44 bits per heavy atom. The summed E-state index contributed by atoms with van der Waals surface area (Å²) in [6, 6.07) is 13.5. The number of sulfonamides is 1. The highest BCUT2D eigenvalue weighted by Crippen LogP contribution is 2.21. The van der Waals surface area contributed by atoms with E-state index < -0.39 is 10.0 Å². The summed E-state index contributed by atoms with van der Waals surface area (Å²) in [4.78, 5) is 12.3. The molecule has 0 spiro atoms. The van der Waals surface area contributed by atoms with Gasteiger partial charge in [-0.05, 0) is 48.9 Å². The number of carbonyl (C=O) groups excluding carboxylic acids is 1. The van der Waals surface area contributed by atoms with Crippen LogP contribution in [0.2, 0.25) is 0 Å². The molecule has 0 unspecified atom stereocenters. The quantitative estimate of drug-likeness (QED) is 0.821. The molecule has 2 aromatic rings. The van der Waals surface area contributed by atoms with Gasteiger partial charge in [0.2, 0.25) is 10.0 Å². The second-order valence-electron chi connectivity index (χ2n) is 5.61. The Labute approximate surface area is 148 Å². The fraction of sp³-hybridized carbons (Fsp3) is 0.278. The summed E-state index contributed by atoms with van der Waals surface area (Å²) < 4.78 is 29.9. The van der Waals surface area contributed by atoms with E-state index in [1.54, 1.807) is 48.5 Å². The van der Waals surface area contributed by atoms with Crippen molar-refractivity contribution in [2.45, 2.75) is 13.3 Å². The van der Waals surface area contributed by atoms with Gasteiger partial charge in [0, 0.05) is 18.3 Å². The second kappa shape index (κ2) is 8.02. The maximum absolute atomic E-state index is 12.3. The Kier molecular flexibility index (Phi) is 6.03. The Hall–Kier alpha value is -2.54. The van der Waals surface area contributed by atoms with Crippen LogP contribution in [-0.2, 0) is 10.0 Å². The summed E-state index contributed by atoms with van der Waals surface area (Å²) in [6.45, 7) is 2.66. The summed E-state index contributed by atoms with van der Waals surface area (Å²) in [6.07, 6.45) is 2.04. The van der Waals surface area contributed by atoms with Crippen molar-refractivity contribution in [3.05, 3.63) is 54.1 Å². The molecular weight excluding hydrogens is 340 g/mol. The molecule has 0 bridgehead atoms. The van der Waals surface area contributed by atoms with Crippen LogP contribution in [0.1, 0.15) is 23.7 Å². The third kappa shape index (κ3) is 5.22. The van der Waals surface area contributed by atoms with Crippen LogP contribution in [0, 0.1) is 0 Å². The summed E-state index contributed by atoms with van der Waals surface area (Å²) in [5.74, 6) is 0.441. The van der Waals surface area contributed by atoms with Crippen LogP contribution in [-0.4, -0.2) is 34.2 Å².